The first-order chi connectivity index (χ1) is 8.92. The van der Waals surface area contributed by atoms with Crippen LogP contribution in [0.3, 0.4) is 0 Å². The Bertz CT molecular complexity index is 696. The van der Waals surface area contributed by atoms with Crippen molar-refractivity contribution in [1.29, 1.82) is 0 Å². The highest BCUT2D eigenvalue weighted by molar-refractivity contribution is 7.89. The molecule has 0 aliphatic rings. The summed E-state index contributed by atoms with van der Waals surface area (Å²) in [5, 5.41) is -0.101. The fraction of sp³-hybridized carbons (Fsp3) is 0.273. The largest absolute Gasteiger partial charge is 0.324 e. The van der Waals surface area contributed by atoms with Crippen molar-refractivity contribution in [3.05, 3.63) is 41.1 Å². The van der Waals surface area contributed by atoms with Crippen LogP contribution in [0.5, 0.6) is 0 Å². The molecule has 19 heavy (non-hydrogen) atoms. The number of aromatic nitrogens is 3. The lowest BCUT2D eigenvalue weighted by molar-refractivity contribution is 0.577. The number of sulfonamides is 1. The first-order valence-electron chi connectivity index (χ1n) is 5.49. The average molecular weight is 301 g/mol. The fourth-order valence-electron chi connectivity index (χ4n) is 1.51. The molecule has 2 aromatic rings. The van der Waals surface area contributed by atoms with Gasteiger partial charge < -0.3 is 4.57 Å². The van der Waals surface area contributed by atoms with Crippen molar-refractivity contribution >= 4 is 21.6 Å². The van der Waals surface area contributed by atoms with Gasteiger partial charge in [-0.25, -0.2) is 18.1 Å². The molecule has 0 aliphatic heterocycles. The number of imidazole rings is 1. The maximum absolute atomic E-state index is 12.1. The van der Waals surface area contributed by atoms with E-state index in [1.54, 1.807) is 19.3 Å². The molecule has 0 bridgehead atoms. The van der Waals surface area contributed by atoms with E-state index in [0.717, 1.165) is 5.56 Å². The first kappa shape index (κ1) is 14.0. The predicted octanol–water partition coefficient (Wildman–Crippen LogP) is 1.26. The van der Waals surface area contributed by atoms with Crippen molar-refractivity contribution in [3.63, 3.8) is 0 Å². The summed E-state index contributed by atoms with van der Waals surface area (Å²) in [6, 6.07) is 3.66. The maximum atomic E-state index is 12.1. The Morgan fingerprint density at radius 2 is 2.16 bits per heavy atom. The van der Waals surface area contributed by atoms with Crippen molar-refractivity contribution < 1.29 is 8.42 Å². The Morgan fingerprint density at radius 3 is 2.74 bits per heavy atom. The minimum Gasteiger partial charge on any atom is -0.324 e. The Balaban J connectivity index is 2.19. The van der Waals surface area contributed by atoms with Gasteiger partial charge in [0, 0.05) is 13.2 Å². The lowest BCUT2D eigenvalue weighted by Crippen LogP contribution is -2.24. The first-order valence-corrected chi connectivity index (χ1v) is 7.35. The summed E-state index contributed by atoms with van der Waals surface area (Å²) < 4.78 is 28.0. The van der Waals surface area contributed by atoms with Crippen molar-refractivity contribution in [1.82, 2.24) is 19.3 Å². The summed E-state index contributed by atoms with van der Waals surface area (Å²) in [4.78, 5) is 7.90. The zero-order valence-electron chi connectivity index (χ0n) is 10.5. The monoisotopic (exact) mass is 300 g/mol. The molecule has 0 saturated heterocycles. The molecular weight excluding hydrogens is 288 g/mol. The average Bonchev–Trinajstić information content (AvgIpc) is 2.70. The summed E-state index contributed by atoms with van der Waals surface area (Å²) >= 11 is 5.87. The van der Waals surface area contributed by atoms with Gasteiger partial charge in [-0.2, -0.15) is 0 Å². The molecule has 0 spiro atoms. The Hall–Kier alpha value is -1.44. The summed E-state index contributed by atoms with van der Waals surface area (Å²) in [6.07, 6.45) is 2.97. The van der Waals surface area contributed by atoms with E-state index in [-0.39, 0.29) is 16.7 Å². The highest BCUT2D eigenvalue weighted by atomic mass is 35.5. The van der Waals surface area contributed by atoms with Gasteiger partial charge in [0.25, 0.3) is 10.0 Å². The van der Waals surface area contributed by atoms with Crippen molar-refractivity contribution in [2.24, 2.45) is 7.05 Å². The molecule has 8 heteroatoms. The summed E-state index contributed by atoms with van der Waals surface area (Å²) in [5.41, 5.74) is 1.58. The number of pyridine rings is 1. The second-order valence-electron chi connectivity index (χ2n) is 4.04. The van der Waals surface area contributed by atoms with E-state index in [1.165, 1.54) is 10.9 Å². The molecule has 2 rings (SSSR count). The van der Waals surface area contributed by atoms with Crippen LogP contribution in [0.1, 0.15) is 11.3 Å². The molecule has 0 unspecified atom stereocenters. The van der Waals surface area contributed by atoms with Gasteiger partial charge in [0.05, 0.1) is 18.6 Å². The number of nitrogens with zero attached hydrogens (tertiary/aromatic N) is 3. The number of nitrogens with one attached hydrogen (secondary N) is 1. The third-order valence-electron chi connectivity index (χ3n) is 2.64. The third kappa shape index (κ3) is 2.94. The van der Waals surface area contributed by atoms with Crippen LogP contribution in [-0.2, 0) is 23.6 Å². The van der Waals surface area contributed by atoms with Gasteiger partial charge in [0.2, 0.25) is 5.03 Å². The Morgan fingerprint density at radius 1 is 1.42 bits per heavy atom. The van der Waals surface area contributed by atoms with Gasteiger partial charge in [0.1, 0.15) is 5.15 Å². The molecule has 0 amide bonds. The molecule has 0 aliphatic carbocycles. The molecule has 102 valence electrons. The highest BCUT2D eigenvalue weighted by Gasteiger charge is 2.22. The van der Waals surface area contributed by atoms with Gasteiger partial charge in [-0.05, 0) is 18.6 Å². The maximum Gasteiger partial charge on any atom is 0.261 e. The fourth-order valence-corrected chi connectivity index (χ4v) is 2.92. The number of aryl methyl sites for hydroxylation is 2. The minimum atomic E-state index is -3.74. The lowest BCUT2D eigenvalue weighted by Gasteiger charge is -2.06. The number of hydrogen-bond acceptors (Lipinski definition) is 4. The van der Waals surface area contributed by atoms with E-state index in [4.69, 9.17) is 11.6 Å². The van der Waals surface area contributed by atoms with Gasteiger partial charge in [0.15, 0.2) is 0 Å². The van der Waals surface area contributed by atoms with Crippen LogP contribution in [0.25, 0.3) is 0 Å². The molecule has 2 aromatic heterocycles. The molecule has 0 saturated carbocycles. The lowest BCUT2D eigenvalue weighted by atomic mass is 10.2. The zero-order chi connectivity index (χ0) is 14.0. The van der Waals surface area contributed by atoms with E-state index >= 15 is 0 Å². The summed E-state index contributed by atoms with van der Waals surface area (Å²) in [5.74, 6) is 0. The van der Waals surface area contributed by atoms with E-state index < -0.39 is 10.0 Å². The number of halogens is 1. The summed E-state index contributed by atoms with van der Waals surface area (Å²) in [7, 11) is -2.12. The molecule has 0 radical (unpaired) electrons. The SMILES string of the molecule is Cc1cccnc1CNS(=O)(=O)c1ncn(C)c1Cl. The Labute approximate surface area is 116 Å². The molecule has 0 aromatic carbocycles. The van der Waals surface area contributed by atoms with Crippen LogP contribution in [-0.4, -0.2) is 23.0 Å². The summed E-state index contributed by atoms with van der Waals surface area (Å²) in [6.45, 7) is 1.96. The number of hydrogen-bond donors (Lipinski definition) is 1. The molecule has 6 nitrogen and oxygen atoms in total. The quantitative estimate of drug-likeness (QED) is 0.922. The van der Waals surface area contributed by atoms with Crippen molar-refractivity contribution in [3.8, 4) is 0 Å². The van der Waals surface area contributed by atoms with E-state index in [0.29, 0.717) is 5.69 Å². The zero-order valence-corrected chi connectivity index (χ0v) is 12.0. The second-order valence-corrected chi connectivity index (χ2v) is 6.08. The smallest absolute Gasteiger partial charge is 0.261 e. The topological polar surface area (TPSA) is 76.9 Å². The molecule has 2 heterocycles. The Kier molecular flexibility index (Phi) is 3.88. The van der Waals surface area contributed by atoms with Gasteiger partial charge in [-0.1, -0.05) is 17.7 Å². The van der Waals surface area contributed by atoms with Crippen LogP contribution < -0.4 is 4.72 Å². The van der Waals surface area contributed by atoms with Crippen LogP contribution >= 0.6 is 11.6 Å². The molecule has 0 atom stereocenters. The second kappa shape index (κ2) is 5.28. The predicted molar refractivity (Wildman–Crippen MR) is 71.2 cm³/mol. The third-order valence-corrected chi connectivity index (χ3v) is 4.53. The van der Waals surface area contributed by atoms with Crippen LogP contribution in [0.15, 0.2) is 29.7 Å². The van der Waals surface area contributed by atoms with E-state index in [2.05, 4.69) is 14.7 Å². The molecule has 0 fully saturated rings. The van der Waals surface area contributed by atoms with Crippen molar-refractivity contribution in [2.45, 2.75) is 18.5 Å². The molecular formula is C11H13ClN4O2S. The number of rotatable bonds is 4. The van der Waals surface area contributed by atoms with Gasteiger partial charge >= 0.3 is 0 Å². The normalized spacial score (nSPS) is 11.7. The molecule has 1 N–H and O–H groups in total. The van der Waals surface area contributed by atoms with E-state index in [9.17, 15) is 8.42 Å². The van der Waals surface area contributed by atoms with Crippen molar-refractivity contribution in [2.75, 3.05) is 0 Å². The minimum absolute atomic E-state index is 0.0743. The van der Waals surface area contributed by atoms with Crippen LogP contribution in [0.4, 0.5) is 0 Å². The van der Waals surface area contributed by atoms with Gasteiger partial charge in [-0.3, -0.25) is 4.98 Å². The van der Waals surface area contributed by atoms with Gasteiger partial charge in [-0.15, -0.1) is 0 Å². The highest BCUT2D eigenvalue weighted by Crippen LogP contribution is 2.18. The van der Waals surface area contributed by atoms with E-state index in [1.807, 2.05) is 13.0 Å². The van der Waals surface area contributed by atoms with Crippen LogP contribution in [0, 0.1) is 6.92 Å². The standard InChI is InChI=1S/C11H13ClN4O2S/c1-8-4-3-5-13-9(8)6-15-19(17,18)11-10(12)16(2)7-14-11/h3-5,7,15H,6H2,1-2H3. The van der Waals surface area contributed by atoms with Crippen LogP contribution in [0.2, 0.25) is 5.15 Å².